The lowest BCUT2D eigenvalue weighted by atomic mass is 9.91. The van der Waals surface area contributed by atoms with E-state index in [1.54, 1.807) is 23.1 Å². The lowest BCUT2D eigenvalue weighted by molar-refractivity contribution is -0.135. The number of carbonyl (C=O) groups is 1. The molecule has 1 aliphatic rings. The molecule has 2 rings (SSSR count). The minimum Gasteiger partial charge on any atom is -0.395 e. The Morgan fingerprint density at radius 3 is 2.43 bits per heavy atom. The maximum Gasteiger partial charge on any atom is 0.223 e. The second-order valence-electron chi connectivity index (χ2n) is 5.28. The van der Waals surface area contributed by atoms with Crippen LogP contribution in [0.25, 0.3) is 0 Å². The van der Waals surface area contributed by atoms with E-state index in [1.807, 2.05) is 0 Å². The summed E-state index contributed by atoms with van der Waals surface area (Å²) in [5.41, 5.74) is 0. The average molecular weight is 311 g/mol. The summed E-state index contributed by atoms with van der Waals surface area (Å²) in [7, 11) is -3.43. The Morgan fingerprint density at radius 2 is 1.90 bits per heavy atom. The predicted molar refractivity (Wildman–Crippen MR) is 79.5 cm³/mol. The van der Waals surface area contributed by atoms with E-state index in [0.717, 1.165) is 19.3 Å². The van der Waals surface area contributed by atoms with Gasteiger partial charge in [0.15, 0.2) is 9.84 Å². The molecule has 116 valence electrons. The molecule has 1 aromatic rings. The van der Waals surface area contributed by atoms with Crippen molar-refractivity contribution in [1.82, 2.24) is 4.90 Å². The number of aliphatic hydroxyl groups is 1. The molecule has 0 atom stereocenters. The highest BCUT2D eigenvalue weighted by Gasteiger charge is 2.29. The number of rotatable bonds is 7. The molecule has 0 spiro atoms. The summed E-state index contributed by atoms with van der Waals surface area (Å²) < 4.78 is 24.3. The van der Waals surface area contributed by atoms with Crippen LogP contribution in [0.2, 0.25) is 0 Å². The molecule has 1 saturated carbocycles. The number of aliphatic hydroxyl groups excluding tert-OH is 1. The number of sulfone groups is 1. The Balaban J connectivity index is 1.96. The molecule has 0 radical (unpaired) electrons. The van der Waals surface area contributed by atoms with Gasteiger partial charge < -0.3 is 10.0 Å². The number of carbonyl (C=O) groups excluding carboxylic acids is 1. The lowest BCUT2D eigenvalue weighted by Crippen LogP contribution is -2.46. The van der Waals surface area contributed by atoms with Crippen LogP contribution >= 0.6 is 0 Å². The van der Waals surface area contributed by atoms with Crippen LogP contribution < -0.4 is 0 Å². The highest BCUT2D eigenvalue weighted by atomic mass is 32.2. The normalized spacial score (nSPS) is 15.5. The van der Waals surface area contributed by atoms with Gasteiger partial charge in [-0.1, -0.05) is 18.2 Å². The summed E-state index contributed by atoms with van der Waals surface area (Å²) in [6.45, 7) is 0.197. The second-order valence-corrected chi connectivity index (χ2v) is 7.39. The molecular formula is C15H21NO4S. The van der Waals surface area contributed by atoms with Gasteiger partial charge in [-0.3, -0.25) is 4.79 Å². The monoisotopic (exact) mass is 311 g/mol. The van der Waals surface area contributed by atoms with E-state index in [0.29, 0.717) is 0 Å². The summed E-state index contributed by atoms with van der Waals surface area (Å²) >= 11 is 0. The first-order valence-corrected chi connectivity index (χ1v) is 8.88. The van der Waals surface area contributed by atoms with Crippen molar-refractivity contribution in [2.75, 3.05) is 18.9 Å². The molecule has 6 heteroatoms. The van der Waals surface area contributed by atoms with E-state index in [4.69, 9.17) is 5.11 Å². The van der Waals surface area contributed by atoms with Crippen LogP contribution in [0.4, 0.5) is 0 Å². The quantitative estimate of drug-likeness (QED) is 0.822. The molecule has 1 N–H and O–H groups in total. The van der Waals surface area contributed by atoms with Gasteiger partial charge in [-0.05, 0) is 31.4 Å². The first-order valence-electron chi connectivity index (χ1n) is 7.23. The summed E-state index contributed by atoms with van der Waals surface area (Å²) in [5.74, 6) is -0.377. The fraction of sp³-hybridized carbons (Fsp3) is 0.533. The Kier molecular flexibility index (Phi) is 5.36. The highest BCUT2D eigenvalue weighted by Crippen LogP contribution is 2.25. The molecule has 0 heterocycles. The molecular weight excluding hydrogens is 290 g/mol. The molecule has 0 saturated heterocycles. The minimum absolute atomic E-state index is 0.0340. The molecule has 0 bridgehead atoms. The third-order valence-electron chi connectivity index (χ3n) is 3.86. The topological polar surface area (TPSA) is 74.7 Å². The van der Waals surface area contributed by atoms with Crippen molar-refractivity contribution in [3.8, 4) is 0 Å². The van der Waals surface area contributed by atoms with Crippen molar-refractivity contribution in [2.45, 2.75) is 36.6 Å². The Morgan fingerprint density at radius 1 is 1.24 bits per heavy atom. The SMILES string of the molecule is O=C(CCS(=O)(=O)c1ccccc1)N(CCO)C1CCC1. The van der Waals surface area contributed by atoms with Crippen molar-refractivity contribution in [1.29, 1.82) is 0 Å². The van der Waals surface area contributed by atoms with E-state index in [9.17, 15) is 13.2 Å². The molecule has 1 aromatic carbocycles. The van der Waals surface area contributed by atoms with Gasteiger partial charge in [0.1, 0.15) is 0 Å². The fourth-order valence-electron chi connectivity index (χ4n) is 2.43. The number of hydrogen-bond acceptors (Lipinski definition) is 4. The van der Waals surface area contributed by atoms with Crippen molar-refractivity contribution in [3.05, 3.63) is 30.3 Å². The summed E-state index contributed by atoms with van der Waals surface area (Å²) in [4.78, 5) is 14.1. The molecule has 0 aliphatic heterocycles. The molecule has 1 aliphatic carbocycles. The molecule has 0 aromatic heterocycles. The number of nitrogens with zero attached hydrogens (tertiary/aromatic N) is 1. The van der Waals surface area contributed by atoms with Crippen molar-refractivity contribution in [2.24, 2.45) is 0 Å². The van der Waals surface area contributed by atoms with Crippen LogP contribution in [-0.4, -0.2) is 49.3 Å². The van der Waals surface area contributed by atoms with E-state index < -0.39 is 9.84 Å². The summed E-state index contributed by atoms with van der Waals surface area (Å²) in [6, 6.07) is 8.34. The average Bonchev–Trinajstić information content (AvgIpc) is 2.43. The van der Waals surface area contributed by atoms with E-state index >= 15 is 0 Å². The van der Waals surface area contributed by atoms with Gasteiger partial charge in [0.2, 0.25) is 5.91 Å². The number of amides is 1. The zero-order valence-electron chi connectivity index (χ0n) is 11.9. The van der Waals surface area contributed by atoms with Crippen molar-refractivity contribution in [3.63, 3.8) is 0 Å². The molecule has 0 unspecified atom stereocenters. The number of benzene rings is 1. The third-order valence-corrected chi connectivity index (χ3v) is 5.60. The van der Waals surface area contributed by atoms with E-state index in [-0.39, 0.29) is 42.2 Å². The molecule has 1 fully saturated rings. The second kappa shape index (κ2) is 7.04. The minimum atomic E-state index is -3.43. The van der Waals surface area contributed by atoms with Crippen LogP contribution in [0.15, 0.2) is 35.2 Å². The lowest BCUT2D eigenvalue weighted by Gasteiger charge is -2.37. The van der Waals surface area contributed by atoms with Gasteiger partial charge in [0.25, 0.3) is 0 Å². The predicted octanol–water partition coefficient (Wildman–Crippen LogP) is 1.22. The van der Waals surface area contributed by atoms with Crippen LogP contribution in [-0.2, 0) is 14.6 Å². The van der Waals surface area contributed by atoms with Crippen LogP contribution in [0.5, 0.6) is 0 Å². The van der Waals surface area contributed by atoms with Gasteiger partial charge in [0, 0.05) is 19.0 Å². The maximum atomic E-state index is 12.2. The number of hydrogen-bond donors (Lipinski definition) is 1. The Labute approximate surface area is 125 Å². The zero-order valence-corrected chi connectivity index (χ0v) is 12.8. The van der Waals surface area contributed by atoms with Crippen LogP contribution in [0.1, 0.15) is 25.7 Å². The Bertz CT molecular complexity index is 567. The summed E-state index contributed by atoms with van der Waals surface area (Å²) in [6.07, 6.45) is 2.93. The van der Waals surface area contributed by atoms with E-state index in [2.05, 4.69) is 0 Å². The highest BCUT2D eigenvalue weighted by molar-refractivity contribution is 7.91. The largest absolute Gasteiger partial charge is 0.395 e. The van der Waals surface area contributed by atoms with Crippen molar-refractivity contribution >= 4 is 15.7 Å². The van der Waals surface area contributed by atoms with Crippen LogP contribution in [0, 0.1) is 0 Å². The van der Waals surface area contributed by atoms with E-state index in [1.165, 1.54) is 12.1 Å². The first-order chi connectivity index (χ1) is 10.0. The fourth-order valence-corrected chi connectivity index (χ4v) is 3.68. The standard InChI is InChI=1S/C15H21NO4S/c17-11-10-16(13-5-4-6-13)15(18)9-12-21(19,20)14-7-2-1-3-8-14/h1-3,7-8,13,17H,4-6,9-12H2. The zero-order chi connectivity index (χ0) is 15.3. The first kappa shape index (κ1) is 16.0. The maximum absolute atomic E-state index is 12.2. The van der Waals surface area contributed by atoms with Crippen LogP contribution in [0.3, 0.4) is 0 Å². The molecule has 21 heavy (non-hydrogen) atoms. The molecule has 1 amide bonds. The van der Waals surface area contributed by atoms with Gasteiger partial charge >= 0.3 is 0 Å². The van der Waals surface area contributed by atoms with Gasteiger partial charge in [-0.15, -0.1) is 0 Å². The van der Waals surface area contributed by atoms with Gasteiger partial charge in [0.05, 0.1) is 17.3 Å². The molecule has 5 nitrogen and oxygen atoms in total. The third kappa shape index (κ3) is 4.04. The van der Waals surface area contributed by atoms with Gasteiger partial charge in [-0.2, -0.15) is 0 Å². The Hall–Kier alpha value is -1.40. The smallest absolute Gasteiger partial charge is 0.223 e. The summed E-state index contributed by atoms with van der Waals surface area (Å²) in [5, 5.41) is 9.05. The van der Waals surface area contributed by atoms with Gasteiger partial charge in [-0.25, -0.2) is 8.42 Å². The van der Waals surface area contributed by atoms with Crippen molar-refractivity contribution < 1.29 is 18.3 Å².